The molecule has 3 nitrogen and oxygen atoms in total. The number of hydrogen-bond acceptors (Lipinski definition) is 2. The lowest BCUT2D eigenvalue weighted by Gasteiger charge is -2.13. The molecule has 1 amide bonds. The first kappa shape index (κ1) is 19.7. The number of para-hydroxylation sites is 1. The highest BCUT2D eigenvalue weighted by Gasteiger charge is 2.11. The zero-order valence-corrected chi connectivity index (χ0v) is 17.5. The maximum atomic E-state index is 12.4. The van der Waals surface area contributed by atoms with Gasteiger partial charge in [-0.2, -0.15) is 0 Å². The van der Waals surface area contributed by atoms with Crippen LogP contribution in [-0.2, 0) is 11.2 Å². The number of aryl methyl sites for hydroxylation is 1. The molecular formula is C21H16BrCl2NO2. The number of anilines is 1. The van der Waals surface area contributed by atoms with Crippen molar-refractivity contribution in [2.45, 2.75) is 13.3 Å². The molecule has 0 heterocycles. The van der Waals surface area contributed by atoms with Crippen molar-refractivity contribution in [3.8, 4) is 11.5 Å². The Morgan fingerprint density at radius 2 is 1.81 bits per heavy atom. The summed E-state index contributed by atoms with van der Waals surface area (Å²) in [5.41, 5.74) is 2.38. The predicted octanol–water partition coefficient (Wildman–Crippen LogP) is 7.04. The Morgan fingerprint density at radius 1 is 1.04 bits per heavy atom. The van der Waals surface area contributed by atoms with Crippen molar-refractivity contribution < 1.29 is 9.53 Å². The van der Waals surface area contributed by atoms with Gasteiger partial charge in [0.05, 0.1) is 21.6 Å². The first-order valence-electron chi connectivity index (χ1n) is 8.19. The van der Waals surface area contributed by atoms with E-state index in [1.165, 1.54) is 0 Å². The van der Waals surface area contributed by atoms with Crippen LogP contribution in [0.15, 0.2) is 65.1 Å². The summed E-state index contributed by atoms with van der Waals surface area (Å²) in [7, 11) is 0. The van der Waals surface area contributed by atoms with Crippen molar-refractivity contribution in [1.29, 1.82) is 0 Å². The number of nitrogens with one attached hydrogen (secondary N) is 1. The van der Waals surface area contributed by atoms with E-state index in [2.05, 4.69) is 21.2 Å². The zero-order valence-electron chi connectivity index (χ0n) is 14.4. The number of rotatable bonds is 5. The summed E-state index contributed by atoms with van der Waals surface area (Å²) in [6.07, 6.45) is 0.207. The van der Waals surface area contributed by atoms with Crippen LogP contribution in [0.25, 0.3) is 0 Å². The fourth-order valence-corrected chi connectivity index (χ4v) is 3.15. The molecule has 0 aliphatic carbocycles. The molecule has 3 rings (SSSR count). The number of carbonyl (C=O) groups excluding carboxylic acids is 1. The van der Waals surface area contributed by atoms with Crippen LogP contribution in [0.3, 0.4) is 0 Å². The fraction of sp³-hybridized carbons (Fsp3) is 0.0952. The summed E-state index contributed by atoms with van der Waals surface area (Å²) >= 11 is 15.6. The third-order valence-corrected chi connectivity index (χ3v) is 5.10. The zero-order chi connectivity index (χ0) is 19.4. The van der Waals surface area contributed by atoms with Crippen LogP contribution >= 0.6 is 39.1 Å². The van der Waals surface area contributed by atoms with E-state index in [0.717, 1.165) is 15.6 Å². The van der Waals surface area contributed by atoms with Gasteiger partial charge in [-0.15, -0.1) is 0 Å². The molecule has 0 saturated heterocycles. The van der Waals surface area contributed by atoms with Crippen molar-refractivity contribution in [2.24, 2.45) is 0 Å². The lowest BCUT2D eigenvalue weighted by Crippen LogP contribution is -2.14. The molecule has 0 radical (unpaired) electrons. The highest BCUT2D eigenvalue weighted by atomic mass is 79.9. The van der Waals surface area contributed by atoms with E-state index in [-0.39, 0.29) is 12.3 Å². The van der Waals surface area contributed by atoms with Gasteiger partial charge >= 0.3 is 0 Å². The van der Waals surface area contributed by atoms with Crippen molar-refractivity contribution >= 4 is 50.7 Å². The molecule has 0 bridgehead atoms. The molecule has 0 aromatic heterocycles. The minimum absolute atomic E-state index is 0.151. The summed E-state index contributed by atoms with van der Waals surface area (Å²) in [6.45, 7) is 1.95. The third kappa shape index (κ3) is 5.25. The number of benzene rings is 3. The largest absolute Gasteiger partial charge is 0.456 e. The standard InChI is InChI=1S/C21H16BrCl2NO2/c1-13-6-7-14(11-21(26)25-18-5-3-2-4-17(18)24)10-19(13)27-20-12-15(23)8-9-16(20)22/h2-10,12H,11H2,1H3,(H,25,26). The van der Waals surface area contributed by atoms with Gasteiger partial charge in [-0.25, -0.2) is 0 Å². The second-order valence-electron chi connectivity index (χ2n) is 5.98. The first-order valence-corrected chi connectivity index (χ1v) is 9.74. The van der Waals surface area contributed by atoms with Crippen molar-refractivity contribution in [2.75, 3.05) is 5.32 Å². The van der Waals surface area contributed by atoms with Gasteiger partial charge in [0, 0.05) is 11.1 Å². The van der Waals surface area contributed by atoms with Crippen LogP contribution in [0.5, 0.6) is 11.5 Å². The van der Waals surface area contributed by atoms with Crippen molar-refractivity contribution in [3.63, 3.8) is 0 Å². The van der Waals surface area contributed by atoms with Crippen LogP contribution in [0, 0.1) is 6.92 Å². The summed E-state index contributed by atoms with van der Waals surface area (Å²) in [6, 6.07) is 18.2. The highest BCUT2D eigenvalue weighted by molar-refractivity contribution is 9.10. The topological polar surface area (TPSA) is 38.3 Å². The molecule has 0 saturated carbocycles. The molecular weight excluding hydrogens is 449 g/mol. The third-order valence-electron chi connectivity index (χ3n) is 3.88. The molecule has 3 aromatic rings. The van der Waals surface area contributed by atoms with Gasteiger partial charge in [0.25, 0.3) is 0 Å². The van der Waals surface area contributed by atoms with E-state index >= 15 is 0 Å². The summed E-state index contributed by atoms with van der Waals surface area (Å²) in [5, 5.41) is 3.91. The van der Waals surface area contributed by atoms with E-state index in [0.29, 0.717) is 27.2 Å². The minimum Gasteiger partial charge on any atom is -0.456 e. The number of halogens is 3. The van der Waals surface area contributed by atoms with Gasteiger partial charge in [0.2, 0.25) is 5.91 Å². The Bertz CT molecular complexity index is 992. The molecule has 0 atom stereocenters. The van der Waals surface area contributed by atoms with Gasteiger partial charge in [0.15, 0.2) is 0 Å². The molecule has 1 N–H and O–H groups in total. The van der Waals surface area contributed by atoms with E-state index in [9.17, 15) is 4.79 Å². The molecule has 0 aliphatic rings. The number of carbonyl (C=O) groups is 1. The summed E-state index contributed by atoms with van der Waals surface area (Å²) < 4.78 is 6.80. The van der Waals surface area contributed by atoms with Crippen LogP contribution in [-0.4, -0.2) is 5.91 Å². The van der Waals surface area contributed by atoms with Gasteiger partial charge in [-0.1, -0.05) is 47.5 Å². The first-order chi connectivity index (χ1) is 12.9. The maximum absolute atomic E-state index is 12.4. The number of ether oxygens (including phenoxy) is 1. The molecule has 6 heteroatoms. The SMILES string of the molecule is Cc1ccc(CC(=O)Nc2ccccc2Cl)cc1Oc1cc(Cl)ccc1Br. The van der Waals surface area contributed by atoms with Gasteiger partial charge in [0.1, 0.15) is 11.5 Å². The molecule has 3 aromatic carbocycles. The Balaban J connectivity index is 1.76. The molecule has 0 spiro atoms. The number of amides is 1. The number of hydrogen-bond donors (Lipinski definition) is 1. The lowest BCUT2D eigenvalue weighted by atomic mass is 10.1. The Hall–Kier alpha value is -2.01. The second-order valence-corrected chi connectivity index (χ2v) is 7.68. The van der Waals surface area contributed by atoms with Crippen LogP contribution < -0.4 is 10.1 Å². The van der Waals surface area contributed by atoms with Crippen molar-refractivity contribution in [1.82, 2.24) is 0 Å². The molecule has 27 heavy (non-hydrogen) atoms. The lowest BCUT2D eigenvalue weighted by molar-refractivity contribution is -0.115. The van der Waals surface area contributed by atoms with Gasteiger partial charge < -0.3 is 10.1 Å². The quantitative estimate of drug-likeness (QED) is 0.439. The molecule has 0 unspecified atom stereocenters. The van der Waals surface area contributed by atoms with Crippen LogP contribution in [0.4, 0.5) is 5.69 Å². The molecule has 138 valence electrons. The minimum atomic E-state index is -0.151. The van der Waals surface area contributed by atoms with E-state index in [4.69, 9.17) is 27.9 Å². The fourth-order valence-electron chi connectivity index (χ4n) is 2.48. The predicted molar refractivity (Wildman–Crippen MR) is 114 cm³/mol. The molecule has 0 fully saturated rings. The Kier molecular flexibility index (Phi) is 6.42. The highest BCUT2D eigenvalue weighted by Crippen LogP contribution is 2.34. The monoisotopic (exact) mass is 463 g/mol. The second kappa shape index (κ2) is 8.79. The van der Waals surface area contributed by atoms with Crippen LogP contribution in [0.2, 0.25) is 10.0 Å². The smallest absolute Gasteiger partial charge is 0.228 e. The average Bonchev–Trinajstić information content (AvgIpc) is 2.63. The summed E-state index contributed by atoms with van der Waals surface area (Å²) in [5.74, 6) is 1.13. The Morgan fingerprint density at radius 3 is 2.59 bits per heavy atom. The van der Waals surface area contributed by atoms with Crippen LogP contribution in [0.1, 0.15) is 11.1 Å². The maximum Gasteiger partial charge on any atom is 0.228 e. The molecule has 0 aliphatic heterocycles. The summed E-state index contributed by atoms with van der Waals surface area (Å²) in [4.78, 5) is 12.4. The van der Waals surface area contributed by atoms with Crippen molar-refractivity contribution in [3.05, 3.63) is 86.3 Å². The average molecular weight is 465 g/mol. The van der Waals surface area contributed by atoms with Gasteiger partial charge in [-0.3, -0.25) is 4.79 Å². The normalized spacial score (nSPS) is 10.5. The van der Waals surface area contributed by atoms with E-state index in [1.54, 1.807) is 24.3 Å². The van der Waals surface area contributed by atoms with E-state index in [1.807, 2.05) is 43.3 Å². The van der Waals surface area contributed by atoms with E-state index < -0.39 is 0 Å². The Labute approximate surface area is 176 Å². The van der Waals surface area contributed by atoms with Gasteiger partial charge in [-0.05, 0) is 64.3 Å².